The highest BCUT2D eigenvalue weighted by atomic mass is 16.6. The highest BCUT2D eigenvalue weighted by Gasteiger charge is 2.48. The topological polar surface area (TPSA) is 41.6 Å². The molecule has 4 saturated heterocycles. The van der Waals surface area contributed by atoms with Crippen LogP contribution in [0.25, 0.3) is 0 Å². The minimum absolute atomic E-state index is 0.0751. The Hall–Kier alpha value is -0.770. The Balaban J connectivity index is 1.93. The average molecular weight is 196 g/mol. The van der Waals surface area contributed by atoms with Gasteiger partial charge in [0, 0.05) is 19.1 Å². The largest absolute Gasteiger partial charge is 0.444 e. The summed E-state index contributed by atoms with van der Waals surface area (Å²) in [5, 5.41) is 3.50. The van der Waals surface area contributed by atoms with Gasteiger partial charge in [0.05, 0.1) is 6.04 Å². The standard InChI is InChI=1S/C10H16N2O2/c1-6-9-7-2-3-8(11-4-7)5-12(9)10(13)14-6/h6-9,11H,2-5H2,1H3/t6-,7+,8+,9+/m0/s1. The third-order valence-corrected chi connectivity index (χ3v) is 3.82. The Morgan fingerprint density at radius 2 is 2.36 bits per heavy atom. The Morgan fingerprint density at radius 3 is 3.07 bits per heavy atom. The van der Waals surface area contributed by atoms with E-state index >= 15 is 0 Å². The zero-order chi connectivity index (χ0) is 9.71. The van der Waals surface area contributed by atoms with E-state index in [4.69, 9.17) is 4.74 Å². The van der Waals surface area contributed by atoms with Crippen LogP contribution in [0.2, 0.25) is 0 Å². The van der Waals surface area contributed by atoms with Gasteiger partial charge in [-0.15, -0.1) is 0 Å². The summed E-state index contributed by atoms with van der Waals surface area (Å²) < 4.78 is 5.28. The molecule has 0 radical (unpaired) electrons. The second kappa shape index (κ2) is 2.86. The number of ether oxygens (including phenoxy) is 1. The lowest BCUT2D eigenvalue weighted by Crippen LogP contribution is -2.41. The Labute approximate surface area is 83.6 Å². The van der Waals surface area contributed by atoms with Crippen LogP contribution in [0.4, 0.5) is 4.79 Å². The van der Waals surface area contributed by atoms with Crippen molar-refractivity contribution in [3.63, 3.8) is 0 Å². The van der Waals surface area contributed by atoms with Crippen molar-refractivity contribution in [2.75, 3.05) is 13.1 Å². The molecule has 1 N–H and O–H groups in total. The number of hydrogen-bond donors (Lipinski definition) is 1. The Kier molecular flexibility index (Phi) is 1.74. The highest BCUT2D eigenvalue weighted by Crippen LogP contribution is 2.34. The van der Waals surface area contributed by atoms with Gasteiger partial charge in [0.25, 0.3) is 0 Å². The molecule has 4 aliphatic rings. The van der Waals surface area contributed by atoms with Gasteiger partial charge < -0.3 is 10.1 Å². The molecule has 0 unspecified atom stereocenters. The molecule has 0 aromatic heterocycles. The summed E-state index contributed by atoms with van der Waals surface area (Å²) >= 11 is 0. The van der Waals surface area contributed by atoms with Crippen molar-refractivity contribution in [2.45, 2.75) is 38.0 Å². The molecule has 0 spiro atoms. The Bertz CT molecular complexity index is 261. The van der Waals surface area contributed by atoms with Gasteiger partial charge in [-0.2, -0.15) is 0 Å². The molecule has 4 fully saturated rings. The highest BCUT2D eigenvalue weighted by molar-refractivity contribution is 5.71. The van der Waals surface area contributed by atoms with Crippen LogP contribution in [-0.2, 0) is 4.74 Å². The first-order valence-corrected chi connectivity index (χ1v) is 5.46. The SMILES string of the molecule is C[C@@H]1OC(=O)N2C[C@H]3CC[C@H](CN3)[C@@H]12. The molecular formula is C10H16N2O2. The molecule has 4 rings (SSSR count). The van der Waals surface area contributed by atoms with E-state index in [1.165, 1.54) is 12.8 Å². The molecule has 2 bridgehead atoms. The first-order valence-electron chi connectivity index (χ1n) is 5.46. The molecule has 1 amide bonds. The number of carbonyl (C=O) groups is 1. The molecule has 0 saturated carbocycles. The number of piperidine rings is 1. The van der Waals surface area contributed by atoms with Crippen molar-refractivity contribution >= 4 is 6.09 Å². The summed E-state index contributed by atoms with van der Waals surface area (Å²) in [7, 11) is 0. The summed E-state index contributed by atoms with van der Waals surface area (Å²) in [6, 6.07) is 0.816. The lowest BCUT2D eigenvalue weighted by molar-refractivity contribution is 0.127. The third kappa shape index (κ3) is 1.06. The van der Waals surface area contributed by atoms with Crippen LogP contribution in [0, 0.1) is 5.92 Å². The number of amides is 1. The molecule has 78 valence electrons. The maximum Gasteiger partial charge on any atom is 0.410 e. The number of rotatable bonds is 0. The van der Waals surface area contributed by atoms with Crippen LogP contribution in [0.15, 0.2) is 0 Å². The van der Waals surface area contributed by atoms with E-state index in [1.54, 1.807) is 0 Å². The second-order valence-electron chi connectivity index (χ2n) is 4.67. The van der Waals surface area contributed by atoms with Gasteiger partial charge >= 0.3 is 6.09 Å². The summed E-state index contributed by atoms with van der Waals surface area (Å²) in [4.78, 5) is 13.5. The first-order chi connectivity index (χ1) is 6.75. The number of nitrogens with one attached hydrogen (secondary N) is 1. The van der Waals surface area contributed by atoms with E-state index in [1.807, 2.05) is 11.8 Å². The minimum Gasteiger partial charge on any atom is -0.444 e. The molecule has 0 aliphatic carbocycles. The van der Waals surface area contributed by atoms with Crippen LogP contribution in [0.1, 0.15) is 19.8 Å². The van der Waals surface area contributed by atoms with Crippen LogP contribution in [0.3, 0.4) is 0 Å². The van der Waals surface area contributed by atoms with E-state index in [2.05, 4.69) is 5.32 Å². The van der Waals surface area contributed by atoms with E-state index < -0.39 is 0 Å². The van der Waals surface area contributed by atoms with Crippen molar-refractivity contribution < 1.29 is 9.53 Å². The lowest BCUT2D eigenvalue weighted by atomic mass is 9.89. The maximum absolute atomic E-state index is 11.6. The van der Waals surface area contributed by atoms with Crippen molar-refractivity contribution in [1.82, 2.24) is 10.2 Å². The molecular weight excluding hydrogens is 180 g/mol. The van der Waals surface area contributed by atoms with Gasteiger partial charge in [0.15, 0.2) is 0 Å². The van der Waals surface area contributed by atoms with Crippen molar-refractivity contribution in [3.05, 3.63) is 0 Å². The fourth-order valence-electron chi connectivity index (χ4n) is 3.13. The quantitative estimate of drug-likeness (QED) is 0.616. The van der Waals surface area contributed by atoms with Crippen LogP contribution < -0.4 is 5.32 Å². The number of cyclic esters (lactones) is 1. The monoisotopic (exact) mass is 196 g/mol. The predicted molar refractivity (Wildman–Crippen MR) is 51.0 cm³/mol. The average Bonchev–Trinajstić information content (AvgIpc) is 2.40. The van der Waals surface area contributed by atoms with Crippen molar-refractivity contribution in [1.29, 1.82) is 0 Å². The summed E-state index contributed by atoms with van der Waals surface area (Å²) in [5.74, 6) is 0.593. The molecule has 0 aromatic carbocycles. The lowest BCUT2D eigenvalue weighted by Gasteiger charge is -2.28. The van der Waals surface area contributed by atoms with Gasteiger partial charge in [0.1, 0.15) is 6.10 Å². The van der Waals surface area contributed by atoms with Crippen LogP contribution >= 0.6 is 0 Å². The second-order valence-corrected chi connectivity index (χ2v) is 4.67. The Morgan fingerprint density at radius 1 is 1.50 bits per heavy atom. The van der Waals surface area contributed by atoms with E-state index in [0.29, 0.717) is 18.0 Å². The first kappa shape index (κ1) is 8.53. The van der Waals surface area contributed by atoms with Gasteiger partial charge in [-0.05, 0) is 25.7 Å². The zero-order valence-electron chi connectivity index (χ0n) is 8.40. The minimum atomic E-state index is -0.108. The smallest absolute Gasteiger partial charge is 0.410 e. The van der Waals surface area contributed by atoms with Gasteiger partial charge in [-0.25, -0.2) is 4.79 Å². The van der Waals surface area contributed by atoms with Gasteiger partial charge in [-0.1, -0.05) is 0 Å². The van der Waals surface area contributed by atoms with E-state index in [0.717, 1.165) is 13.1 Å². The molecule has 0 aromatic rings. The number of fused-ring (bicyclic) bond motifs is 2. The number of hydrogen-bond acceptors (Lipinski definition) is 3. The maximum atomic E-state index is 11.6. The number of nitrogens with zero attached hydrogens (tertiary/aromatic N) is 1. The van der Waals surface area contributed by atoms with Gasteiger partial charge in [-0.3, -0.25) is 4.90 Å². The fourth-order valence-corrected chi connectivity index (χ4v) is 3.13. The third-order valence-electron chi connectivity index (χ3n) is 3.82. The fraction of sp³-hybridized carbons (Fsp3) is 0.900. The van der Waals surface area contributed by atoms with Crippen LogP contribution in [0.5, 0.6) is 0 Å². The van der Waals surface area contributed by atoms with E-state index in [9.17, 15) is 4.79 Å². The van der Waals surface area contributed by atoms with Crippen molar-refractivity contribution in [2.24, 2.45) is 5.92 Å². The molecule has 4 heteroatoms. The molecule has 4 nitrogen and oxygen atoms in total. The number of carbonyl (C=O) groups excluding carboxylic acids is 1. The summed E-state index contributed by atoms with van der Waals surface area (Å²) in [5.41, 5.74) is 0. The van der Waals surface area contributed by atoms with E-state index in [-0.39, 0.29) is 12.2 Å². The zero-order valence-corrected chi connectivity index (χ0v) is 8.40. The van der Waals surface area contributed by atoms with Gasteiger partial charge in [0.2, 0.25) is 0 Å². The molecule has 4 atom stereocenters. The normalized spacial score (nSPS) is 46.1. The van der Waals surface area contributed by atoms with Crippen LogP contribution in [-0.4, -0.2) is 42.3 Å². The summed E-state index contributed by atoms with van der Waals surface area (Å²) in [6.07, 6.45) is 2.41. The predicted octanol–water partition coefficient (Wildman–Crippen LogP) is 0.577. The molecule has 4 heterocycles. The van der Waals surface area contributed by atoms with Crippen molar-refractivity contribution in [3.8, 4) is 0 Å². The molecule has 14 heavy (non-hydrogen) atoms. The molecule has 4 aliphatic heterocycles. The summed E-state index contributed by atoms with van der Waals surface area (Å²) in [6.45, 7) is 3.90.